The van der Waals surface area contributed by atoms with Crippen LogP contribution in [0.4, 0.5) is 0 Å². The molecule has 2 aromatic rings. The van der Waals surface area contributed by atoms with Crippen LogP contribution in [0.5, 0.6) is 0 Å². The predicted octanol–water partition coefficient (Wildman–Crippen LogP) is 3.29. The van der Waals surface area contributed by atoms with Crippen molar-refractivity contribution in [1.29, 1.82) is 5.26 Å². The minimum atomic E-state index is 0.0214. The number of hydrogen-bond acceptors (Lipinski definition) is 6. The first-order valence-electron chi connectivity index (χ1n) is 6.18. The van der Waals surface area contributed by atoms with E-state index in [1.54, 1.807) is 18.0 Å². The first kappa shape index (κ1) is 15.0. The van der Waals surface area contributed by atoms with Gasteiger partial charge in [0.05, 0.1) is 17.0 Å². The molecule has 0 aliphatic heterocycles. The van der Waals surface area contributed by atoms with Crippen LogP contribution < -0.4 is 5.32 Å². The lowest BCUT2D eigenvalue weighted by Crippen LogP contribution is -2.20. The molecule has 2 aromatic heterocycles. The molecule has 20 heavy (non-hydrogen) atoms. The summed E-state index contributed by atoms with van der Waals surface area (Å²) in [5.41, 5.74) is 1.91. The van der Waals surface area contributed by atoms with Crippen LogP contribution in [-0.4, -0.2) is 15.4 Å². The van der Waals surface area contributed by atoms with Gasteiger partial charge in [-0.3, -0.25) is 10.3 Å². The van der Waals surface area contributed by atoms with Crippen molar-refractivity contribution in [2.24, 2.45) is 0 Å². The minimum absolute atomic E-state index is 0.0214. The van der Waals surface area contributed by atoms with E-state index in [1.165, 1.54) is 0 Å². The summed E-state index contributed by atoms with van der Waals surface area (Å²) in [4.78, 5) is 4.37. The van der Waals surface area contributed by atoms with E-state index in [2.05, 4.69) is 29.0 Å². The lowest BCUT2D eigenvalue weighted by Gasteiger charge is -2.11. The molecule has 0 saturated carbocycles. The molecule has 104 valence electrons. The third-order valence-electron chi connectivity index (χ3n) is 2.57. The molecule has 0 amide bonds. The van der Waals surface area contributed by atoms with Crippen molar-refractivity contribution < 1.29 is 4.42 Å². The van der Waals surface area contributed by atoms with Crippen molar-refractivity contribution in [3.05, 3.63) is 42.3 Å². The molecule has 0 radical (unpaired) electrons. The van der Waals surface area contributed by atoms with Crippen LogP contribution in [0.2, 0.25) is 0 Å². The molecule has 2 rings (SSSR count). The Morgan fingerprint density at radius 3 is 3.00 bits per heavy atom. The highest BCUT2D eigenvalue weighted by Crippen LogP contribution is 2.18. The Morgan fingerprint density at radius 2 is 2.35 bits per heavy atom. The fourth-order valence-corrected chi connectivity index (χ4v) is 2.62. The van der Waals surface area contributed by atoms with Crippen LogP contribution in [0.15, 0.2) is 41.1 Å². The van der Waals surface area contributed by atoms with Gasteiger partial charge >= 0.3 is 0 Å². The highest BCUT2D eigenvalue weighted by atomic mass is 32.2. The third-order valence-corrected chi connectivity index (χ3v) is 4.12. The molecule has 0 bridgehead atoms. The molecule has 0 aliphatic rings. The van der Waals surface area contributed by atoms with E-state index in [0.29, 0.717) is 13.0 Å². The summed E-state index contributed by atoms with van der Waals surface area (Å²) in [7, 11) is 0. The van der Waals surface area contributed by atoms with E-state index in [4.69, 9.17) is 9.68 Å². The van der Waals surface area contributed by atoms with Gasteiger partial charge < -0.3 is 4.42 Å². The SMILES string of the molecule is N#CCCSC(S)NCc1ccc(-c2ccco2)nc1. The second-order valence-electron chi connectivity index (χ2n) is 4.04. The van der Waals surface area contributed by atoms with Crippen molar-refractivity contribution in [2.45, 2.75) is 17.7 Å². The fraction of sp³-hybridized carbons (Fsp3) is 0.286. The van der Waals surface area contributed by atoms with Gasteiger partial charge in [0.15, 0.2) is 5.76 Å². The first-order valence-corrected chi connectivity index (χ1v) is 7.75. The standard InChI is InChI=1S/C14H15N3OS2/c15-6-2-8-20-14(19)17-10-11-4-5-12(16-9-11)13-3-1-7-18-13/h1,3-5,7,9,14,17,19H,2,8,10H2. The number of nitriles is 1. The molecule has 1 unspecified atom stereocenters. The summed E-state index contributed by atoms with van der Waals surface area (Å²) in [5.74, 6) is 1.55. The Morgan fingerprint density at radius 1 is 1.45 bits per heavy atom. The average molecular weight is 305 g/mol. The van der Waals surface area contributed by atoms with Crippen LogP contribution in [0.3, 0.4) is 0 Å². The van der Waals surface area contributed by atoms with Crippen LogP contribution >= 0.6 is 24.4 Å². The molecule has 1 N–H and O–H groups in total. The minimum Gasteiger partial charge on any atom is -0.463 e. The molecule has 4 nitrogen and oxygen atoms in total. The molecule has 0 spiro atoms. The van der Waals surface area contributed by atoms with E-state index < -0.39 is 0 Å². The molecule has 0 aliphatic carbocycles. The number of pyridine rings is 1. The zero-order chi connectivity index (χ0) is 14.2. The van der Waals surface area contributed by atoms with Crippen molar-refractivity contribution >= 4 is 24.4 Å². The summed E-state index contributed by atoms with van der Waals surface area (Å²) in [5, 5.41) is 11.7. The predicted molar refractivity (Wildman–Crippen MR) is 84.2 cm³/mol. The maximum atomic E-state index is 8.47. The van der Waals surface area contributed by atoms with Gasteiger partial charge in [0, 0.05) is 24.9 Å². The summed E-state index contributed by atoms with van der Waals surface area (Å²) in [6.07, 6.45) is 4.00. The van der Waals surface area contributed by atoms with Gasteiger partial charge in [-0.25, -0.2) is 0 Å². The summed E-state index contributed by atoms with van der Waals surface area (Å²) in [6, 6.07) is 9.79. The van der Waals surface area contributed by atoms with Gasteiger partial charge in [0.25, 0.3) is 0 Å². The Kier molecular flexibility index (Phi) is 5.99. The lowest BCUT2D eigenvalue weighted by atomic mass is 10.2. The maximum absolute atomic E-state index is 8.47. The largest absolute Gasteiger partial charge is 0.463 e. The summed E-state index contributed by atoms with van der Waals surface area (Å²) in [6.45, 7) is 0.694. The number of furan rings is 1. The van der Waals surface area contributed by atoms with Gasteiger partial charge in [0.1, 0.15) is 5.69 Å². The van der Waals surface area contributed by atoms with Crippen molar-refractivity contribution in [1.82, 2.24) is 10.3 Å². The molecule has 1 atom stereocenters. The number of nitrogens with zero attached hydrogens (tertiary/aromatic N) is 2. The van der Waals surface area contributed by atoms with Crippen LogP contribution in [0.1, 0.15) is 12.0 Å². The van der Waals surface area contributed by atoms with Crippen LogP contribution in [0, 0.1) is 11.3 Å². The summed E-state index contributed by atoms with van der Waals surface area (Å²) < 4.78 is 5.31. The van der Waals surface area contributed by atoms with Gasteiger partial charge in [-0.1, -0.05) is 6.07 Å². The number of aromatic nitrogens is 1. The van der Waals surface area contributed by atoms with Crippen molar-refractivity contribution in [2.75, 3.05) is 5.75 Å². The smallest absolute Gasteiger partial charge is 0.152 e. The normalized spacial score (nSPS) is 12.0. The van der Waals surface area contributed by atoms with Gasteiger partial charge in [-0.15, -0.1) is 24.4 Å². The monoisotopic (exact) mass is 305 g/mol. The van der Waals surface area contributed by atoms with E-state index in [1.807, 2.05) is 30.5 Å². The van der Waals surface area contributed by atoms with Crippen molar-refractivity contribution in [3.8, 4) is 17.5 Å². The third kappa shape index (κ3) is 4.60. The molecule has 0 aromatic carbocycles. The average Bonchev–Trinajstić information content (AvgIpc) is 3.00. The molecule has 2 heterocycles. The molecule has 6 heteroatoms. The topological polar surface area (TPSA) is 61.9 Å². The van der Waals surface area contributed by atoms with Gasteiger partial charge in [-0.05, 0) is 23.8 Å². The number of thiol groups is 1. The van der Waals surface area contributed by atoms with E-state index >= 15 is 0 Å². The van der Waals surface area contributed by atoms with Crippen LogP contribution in [-0.2, 0) is 6.54 Å². The molecular weight excluding hydrogens is 290 g/mol. The van der Waals surface area contributed by atoms with E-state index in [9.17, 15) is 0 Å². The highest BCUT2D eigenvalue weighted by Gasteiger charge is 2.04. The molecule has 0 saturated heterocycles. The quantitative estimate of drug-likeness (QED) is 0.467. The van der Waals surface area contributed by atoms with E-state index in [-0.39, 0.29) is 4.71 Å². The number of thioether (sulfide) groups is 1. The Hall–Kier alpha value is -1.42. The fourth-order valence-electron chi connectivity index (χ4n) is 1.58. The number of rotatable bonds is 7. The summed E-state index contributed by atoms with van der Waals surface area (Å²) >= 11 is 6.03. The maximum Gasteiger partial charge on any atom is 0.152 e. The highest BCUT2D eigenvalue weighted by molar-refractivity contribution is 8.10. The van der Waals surface area contributed by atoms with E-state index in [0.717, 1.165) is 22.8 Å². The number of nitrogens with one attached hydrogen (secondary N) is 1. The molecule has 0 fully saturated rings. The van der Waals surface area contributed by atoms with Crippen LogP contribution in [0.25, 0.3) is 11.5 Å². The van der Waals surface area contributed by atoms with Crippen molar-refractivity contribution in [3.63, 3.8) is 0 Å². The zero-order valence-corrected chi connectivity index (χ0v) is 12.5. The van der Waals surface area contributed by atoms with Gasteiger partial charge in [-0.2, -0.15) is 5.26 Å². The second-order valence-corrected chi connectivity index (χ2v) is 6.12. The Bertz CT molecular complexity index is 549. The second kappa shape index (κ2) is 8.00. The lowest BCUT2D eigenvalue weighted by molar-refractivity contribution is 0.580. The Labute approximate surface area is 128 Å². The Balaban J connectivity index is 1.81. The zero-order valence-electron chi connectivity index (χ0n) is 10.8. The van der Waals surface area contributed by atoms with Gasteiger partial charge in [0.2, 0.25) is 0 Å². The number of hydrogen-bond donors (Lipinski definition) is 2. The first-order chi connectivity index (χ1) is 9.79. The molecular formula is C14H15N3OS2.